The van der Waals surface area contributed by atoms with Crippen LogP contribution in [-0.2, 0) is 11.3 Å². The first-order valence-electron chi connectivity index (χ1n) is 7.68. The molecule has 0 aliphatic carbocycles. The smallest absolute Gasteiger partial charge is 0.158 e. The number of piperidine rings is 1. The van der Waals surface area contributed by atoms with Gasteiger partial charge in [-0.15, -0.1) is 0 Å². The van der Waals surface area contributed by atoms with Crippen molar-refractivity contribution in [2.75, 3.05) is 51.5 Å². The molecule has 2 heterocycles. The second kappa shape index (κ2) is 8.14. The molecule has 6 nitrogen and oxygen atoms in total. The summed E-state index contributed by atoms with van der Waals surface area (Å²) in [6, 6.07) is 1.94. The van der Waals surface area contributed by atoms with Gasteiger partial charge in [0.25, 0.3) is 0 Å². The fraction of sp³-hybridized carbons (Fsp3) is 0.733. The molecule has 2 N–H and O–H groups in total. The van der Waals surface area contributed by atoms with Crippen LogP contribution in [0.3, 0.4) is 0 Å². The van der Waals surface area contributed by atoms with E-state index in [1.165, 1.54) is 32.4 Å². The average Bonchev–Trinajstić information content (AvgIpc) is 2.49. The lowest BCUT2D eigenvalue weighted by atomic mass is 9.94. The van der Waals surface area contributed by atoms with Crippen molar-refractivity contribution in [3.8, 4) is 0 Å². The van der Waals surface area contributed by atoms with Crippen molar-refractivity contribution in [1.82, 2.24) is 14.9 Å². The molecule has 0 atom stereocenters. The Balaban J connectivity index is 1.83. The molecule has 0 radical (unpaired) electrons. The van der Waals surface area contributed by atoms with Crippen LogP contribution in [0.15, 0.2) is 6.07 Å². The lowest BCUT2D eigenvalue weighted by molar-refractivity contribution is 0.178. The molecule has 0 unspecified atom stereocenters. The van der Waals surface area contributed by atoms with E-state index in [2.05, 4.69) is 32.5 Å². The lowest BCUT2D eigenvalue weighted by Gasteiger charge is -2.28. The zero-order valence-electron chi connectivity index (χ0n) is 13.4. The van der Waals surface area contributed by atoms with Crippen molar-refractivity contribution in [2.45, 2.75) is 25.9 Å². The first kappa shape index (κ1) is 16.0. The number of methoxy groups -OCH3 is 1. The fourth-order valence-electron chi connectivity index (χ4n) is 2.66. The maximum atomic E-state index is 5.11. The van der Waals surface area contributed by atoms with Crippen LogP contribution < -0.4 is 10.6 Å². The summed E-state index contributed by atoms with van der Waals surface area (Å²) >= 11 is 0. The van der Waals surface area contributed by atoms with Crippen LogP contribution in [0.1, 0.15) is 25.1 Å². The predicted molar refractivity (Wildman–Crippen MR) is 85.6 cm³/mol. The molecule has 0 bridgehead atoms. The van der Waals surface area contributed by atoms with Crippen molar-refractivity contribution < 1.29 is 4.74 Å². The van der Waals surface area contributed by atoms with Gasteiger partial charge in [0.05, 0.1) is 0 Å². The number of nitrogens with one attached hydrogen (secondary N) is 2. The maximum absolute atomic E-state index is 5.11. The molecule has 1 aromatic rings. The van der Waals surface area contributed by atoms with Crippen LogP contribution in [0.5, 0.6) is 0 Å². The highest BCUT2D eigenvalue weighted by atomic mass is 16.5. The van der Waals surface area contributed by atoms with Crippen molar-refractivity contribution >= 4 is 11.6 Å². The average molecular weight is 293 g/mol. The van der Waals surface area contributed by atoms with Crippen LogP contribution in [0.4, 0.5) is 11.6 Å². The van der Waals surface area contributed by atoms with Gasteiger partial charge >= 0.3 is 0 Å². The van der Waals surface area contributed by atoms with Gasteiger partial charge in [-0.05, 0) is 45.3 Å². The van der Waals surface area contributed by atoms with Crippen molar-refractivity contribution in [2.24, 2.45) is 5.92 Å². The first-order chi connectivity index (χ1) is 10.2. The summed E-state index contributed by atoms with van der Waals surface area (Å²) in [5, 5.41) is 6.48. The normalized spacial score (nSPS) is 16.9. The van der Waals surface area contributed by atoms with Gasteiger partial charge in [-0.2, -0.15) is 0 Å². The molecule has 0 amide bonds. The van der Waals surface area contributed by atoms with Gasteiger partial charge in [-0.3, -0.25) is 0 Å². The minimum Gasteiger partial charge on any atom is -0.377 e. The van der Waals surface area contributed by atoms with Gasteiger partial charge in [0.2, 0.25) is 0 Å². The Morgan fingerprint density at radius 2 is 2.00 bits per heavy atom. The van der Waals surface area contributed by atoms with Crippen molar-refractivity contribution in [3.63, 3.8) is 0 Å². The molecule has 0 spiro atoms. The third kappa shape index (κ3) is 5.13. The number of aromatic nitrogens is 2. The minimum absolute atomic E-state index is 0.430. The second-order valence-corrected chi connectivity index (χ2v) is 5.70. The van der Waals surface area contributed by atoms with Crippen molar-refractivity contribution in [3.05, 3.63) is 11.9 Å². The molecule has 21 heavy (non-hydrogen) atoms. The third-order valence-electron chi connectivity index (χ3n) is 4.00. The molecular weight excluding hydrogens is 266 g/mol. The molecule has 6 heteroatoms. The van der Waals surface area contributed by atoms with Gasteiger partial charge in [-0.1, -0.05) is 0 Å². The van der Waals surface area contributed by atoms with Crippen LogP contribution in [0.2, 0.25) is 0 Å². The lowest BCUT2D eigenvalue weighted by Crippen LogP contribution is -2.30. The van der Waals surface area contributed by atoms with Gasteiger partial charge in [0.1, 0.15) is 18.2 Å². The number of hydrogen-bond donors (Lipinski definition) is 2. The molecular formula is C15H27N5O. The van der Waals surface area contributed by atoms with E-state index in [1.807, 2.05) is 13.1 Å². The van der Waals surface area contributed by atoms with E-state index in [-0.39, 0.29) is 0 Å². The summed E-state index contributed by atoms with van der Waals surface area (Å²) in [5.41, 5.74) is 0. The highest BCUT2D eigenvalue weighted by Gasteiger charge is 2.16. The van der Waals surface area contributed by atoms with E-state index in [0.29, 0.717) is 12.4 Å². The molecule has 1 aromatic heterocycles. The Labute approximate surface area is 127 Å². The van der Waals surface area contributed by atoms with E-state index in [1.54, 1.807) is 7.11 Å². The van der Waals surface area contributed by atoms with E-state index in [4.69, 9.17) is 4.74 Å². The molecule has 2 rings (SSSR count). The Bertz CT molecular complexity index is 432. The quantitative estimate of drug-likeness (QED) is 0.799. The van der Waals surface area contributed by atoms with Gasteiger partial charge in [0, 0.05) is 26.8 Å². The Morgan fingerprint density at radius 3 is 2.67 bits per heavy atom. The van der Waals surface area contributed by atoms with Crippen molar-refractivity contribution in [1.29, 1.82) is 0 Å². The highest BCUT2D eigenvalue weighted by molar-refractivity contribution is 5.47. The molecule has 1 saturated heterocycles. The maximum Gasteiger partial charge on any atom is 0.158 e. The number of ether oxygens (including phenoxy) is 1. The van der Waals surface area contributed by atoms with E-state index >= 15 is 0 Å². The Morgan fingerprint density at radius 1 is 1.29 bits per heavy atom. The highest BCUT2D eigenvalue weighted by Crippen LogP contribution is 2.19. The number of rotatable bonds is 7. The summed E-state index contributed by atoms with van der Waals surface area (Å²) in [4.78, 5) is 11.2. The molecule has 1 fully saturated rings. The Kier molecular flexibility index (Phi) is 6.20. The number of likely N-dealkylation sites (tertiary alicyclic amines) is 1. The summed E-state index contributed by atoms with van der Waals surface area (Å²) in [7, 11) is 5.72. The summed E-state index contributed by atoms with van der Waals surface area (Å²) < 4.78 is 5.11. The van der Waals surface area contributed by atoms with Gasteiger partial charge < -0.3 is 20.3 Å². The zero-order valence-corrected chi connectivity index (χ0v) is 13.4. The van der Waals surface area contributed by atoms with E-state index in [9.17, 15) is 0 Å². The fourth-order valence-corrected chi connectivity index (χ4v) is 2.66. The number of nitrogens with zero attached hydrogens (tertiary/aromatic N) is 3. The summed E-state index contributed by atoms with van der Waals surface area (Å²) in [6.07, 6.45) is 3.81. The second-order valence-electron chi connectivity index (χ2n) is 5.70. The molecule has 1 aliphatic heterocycles. The predicted octanol–water partition coefficient (Wildman–Crippen LogP) is 1.81. The molecule has 0 saturated carbocycles. The van der Waals surface area contributed by atoms with Gasteiger partial charge in [-0.25, -0.2) is 9.97 Å². The van der Waals surface area contributed by atoms with Crippen LogP contribution >= 0.6 is 0 Å². The molecule has 118 valence electrons. The van der Waals surface area contributed by atoms with Crippen LogP contribution in [-0.4, -0.2) is 55.7 Å². The third-order valence-corrected chi connectivity index (χ3v) is 4.00. The topological polar surface area (TPSA) is 62.3 Å². The monoisotopic (exact) mass is 293 g/mol. The molecule has 0 aromatic carbocycles. The summed E-state index contributed by atoms with van der Waals surface area (Å²) in [6.45, 7) is 3.83. The first-order valence-corrected chi connectivity index (χ1v) is 7.68. The van der Waals surface area contributed by atoms with E-state index < -0.39 is 0 Å². The van der Waals surface area contributed by atoms with Crippen LogP contribution in [0, 0.1) is 5.92 Å². The van der Waals surface area contributed by atoms with Gasteiger partial charge in [0.15, 0.2) is 5.82 Å². The standard InChI is InChI=1S/C15H27N5O/c1-16-13-10-14(19-15(18-13)11-21-3)17-7-4-12-5-8-20(2)9-6-12/h10,12H,4-9,11H2,1-3H3,(H2,16,17,18,19). The van der Waals surface area contributed by atoms with E-state index in [0.717, 1.165) is 24.1 Å². The van der Waals surface area contributed by atoms with Crippen LogP contribution in [0.25, 0.3) is 0 Å². The molecule has 1 aliphatic rings. The minimum atomic E-state index is 0.430. The largest absolute Gasteiger partial charge is 0.377 e. The SMILES string of the molecule is CNc1cc(NCCC2CCN(C)CC2)nc(COC)n1. The summed E-state index contributed by atoms with van der Waals surface area (Å²) in [5.74, 6) is 3.22. The Hall–Kier alpha value is -1.40. The zero-order chi connectivity index (χ0) is 15.1. The number of anilines is 2. The number of hydrogen-bond acceptors (Lipinski definition) is 6.